The van der Waals surface area contributed by atoms with Gasteiger partial charge in [-0.15, -0.1) is 0 Å². The molecule has 0 spiro atoms. The number of alkyl carbamates (subject to hydrolysis) is 1. The Morgan fingerprint density at radius 2 is 1.39 bits per heavy atom. The summed E-state index contributed by atoms with van der Waals surface area (Å²) >= 11 is 0. The molecule has 0 radical (unpaired) electrons. The van der Waals surface area contributed by atoms with Crippen molar-refractivity contribution in [3.63, 3.8) is 0 Å². The molecular formula is C40H48N4O5. The van der Waals surface area contributed by atoms with Gasteiger partial charge in [-0.1, -0.05) is 97.9 Å². The molecule has 2 N–H and O–H groups in total. The monoisotopic (exact) mass is 664 g/mol. The van der Waals surface area contributed by atoms with Gasteiger partial charge in [-0.3, -0.25) is 9.59 Å². The van der Waals surface area contributed by atoms with Gasteiger partial charge in [0.05, 0.1) is 17.9 Å². The van der Waals surface area contributed by atoms with E-state index in [2.05, 4.69) is 33.3 Å². The number of hydrogen-bond acceptors (Lipinski definition) is 6. The lowest BCUT2D eigenvalue weighted by atomic mass is 9.87. The van der Waals surface area contributed by atoms with Gasteiger partial charge in [-0.2, -0.15) is 0 Å². The smallest absolute Gasteiger partial charge is 0.408 e. The van der Waals surface area contributed by atoms with Crippen molar-refractivity contribution in [3.8, 4) is 0 Å². The average Bonchev–Trinajstić information content (AvgIpc) is 3.60. The molecule has 2 amide bonds. The van der Waals surface area contributed by atoms with Crippen molar-refractivity contribution in [2.24, 2.45) is 11.8 Å². The standard InChI is InChI=1S/C40H48N4O5/c1-30-19-21-36(22-20-30)44-26-35(42-29-44)25-34(39(46)48-27-32-14-7-3-8-15-32)18-11-23-41-38(45)37(24-31-12-5-2-6-13-31)43-40(47)49-28-33-16-9-4-10-17-33/h2-10,12-17,26,29-30,34,36-37H,11,18-25,27-28H2,1H3,(H,41,45)(H,43,47)/t30-,34?,36-,37?. The Labute approximate surface area is 289 Å². The maximum absolute atomic E-state index is 13.4. The SMILES string of the molecule is C[C@H]1CC[C@H](n2cnc(CC(CCCNC(=O)C(Cc3ccccc3)NC(=O)OCc3ccccc3)C(=O)OCc3ccccc3)c2)CC1. The van der Waals surface area contributed by atoms with E-state index in [1.54, 1.807) is 0 Å². The Kier molecular flexibility index (Phi) is 13.4. The van der Waals surface area contributed by atoms with E-state index in [-0.39, 0.29) is 25.1 Å². The fourth-order valence-corrected chi connectivity index (χ4v) is 6.28. The van der Waals surface area contributed by atoms with Crippen LogP contribution in [0.5, 0.6) is 0 Å². The predicted octanol–water partition coefficient (Wildman–Crippen LogP) is 6.97. The van der Waals surface area contributed by atoms with Crippen molar-refractivity contribution in [2.75, 3.05) is 6.54 Å². The number of aromatic nitrogens is 2. The van der Waals surface area contributed by atoms with E-state index in [9.17, 15) is 14.4 Å². The summed E-state index contributed by atoms with van der Waals surface area (Å²) in [7, 11) is 0. The zero-order valence-electron chi connectivity index (χ0n) is 28.3. The van der Waals surface area contributed by atoms with Crippen LogP contribution in [0.25, 0.3) is 0 Å². The molecule has 1 aliphatic rings. The highest BCUT2D eigenvalue weighted by molar-refractivity contribution is 5.86. The molecule has 1 aliphatic carbocycles. The van der Waals surface area contributed by atoms with E-state index in [0.29, 0.717) is 38.3 Å². The average molecular weight is 665 g/mol. The molecule has 1 saturated carbocycles. The maximum Gasteiger partial charge on any atom is 0.408 e. The fraction of sp³-hybridized carbons (Fsp3) is 0.400. The van der Waals surface area contributed by atoms with Crippen LogP contribution in [0.3, 0.4) is 0 Å². The third-order valence-corrected chi connectivity index (χ3v) is 9.21. The first-order valence-electron chi connectivity index (χ1n) is 17.4. The van der Waals surface area contributed by atoms with Crippen LogP contribution in [-0.4, -0.2) is 40.1 Å². The fourth-order valence-electron chi connectivity index (χ4n) is 6.28. The van der Waals surface area contributed by atoms with Gasteiger partial charge in [-0.25, -0.2) is 9.78 Å². The first-order chi connectivity index (χ1) is 23.9. The van der Waals surface area contributed by atoms with Crippen LogP contribution in [0.4, 0.5) is 4.79 Å². The number of carbonyl (C=O) groups excluding carboxylic acids is 3. The van der Waals surface area contributed by atoms with Gasteiger partial charge in [0, 0.05) is 31.6 Å². The second-order valence-corrected chi connectivity index (χ2v) is 13.1. The van der Waals surface area contributed by atoms with Crippen LogP contribution in [0.2, 0.25) is 0 Å². The van der Waals surface area contributed by atoms with Crippen LogP contribution in [0.1, 0.15) is 73.9 Å². The molecule has 1 heterocycles. The summed E-state index contributed by atoms with van der Waals surface area (Å²) in [6.45, 7) is 2.95. The molecule has 0 bridgehead atoms. The number of benzene rings is 3. The second kappa shape index (κ2) is 18.6. The van der Waals surface area contributed by atoms with Crippen molar-refractivity contribution < 1.29 is 23.9 Å². The predicted molar refractivity (Wildman–Crippen MR) is 188 cm³/mol. The molecule has 9 nitrogen and oxygen atoms in total. The summed E-state index contributed by atoms with van der Waals surface area (Å²) in [5, 5.41) is 5.71. The quantitative estimate of drug-likeness (QED) is 0.0989. The normalized spacial score (nSPS) is 17.0. The summed E-state index contributed by atoms with van der Waals surface area (Å²) in [6, 6.07) is 28.2. The lowest BCUT2D eigenvalue weighted by Gasteiger charge is -2.26. The highest BCUT2D eigenvalue weighted by atomic mass is 16.5. The summed E-state index contributed by atoms with van der Waals surface area (Å²) in [4.78, 5) is 44.1. The minimum absolute atomic E-state index is 0.103. The van der Waals surface area contributed by atoms with E-state index in [0.717, 1.165) is 41.1 Å². The van der Waals surface area contributed by atoms with Gasteiger partial charge < -0.3 is 24.7 Å². The minimum atomic E-state index is -0.830. The zero-order chi connectivity index (χ0) is 34.3. The molecule has 49 heavy (non-hydrogen) atoms. The highest BCUT2D eigenvalue weighted by Crippen LogP contribution is 2.32. The van der Waals surface area contributed by atoms with E-state index >= 15 is 0 Å². The van der Waals surface area contributed by atoms with E-state index in [1.165, 1.54) is 12.8 Å². The second-order valence-electron chi connectivity index (χ2n) is 13.1. The third kappa shape index (κ3) is 11.6. The van der Waals surface area contributed by atoms with Crippen molar-refractivity contribution in [1.29, 1.82) is 0 Å². The van der Waals surface area contributed by atoms with Gasteiger partial charge in [0.1, 0.15) is 19.3 Å². The third-order valence-electron chi connectivity index (χ3n) is 9.21. The number of imidazole rings is 1. The van der Waals surface area contributed by atoms with Crippen molar-refractivity contribution >= 4 is 18.0 Å². The Bertz CT molecular complexity index is 1590. The van der Waals surface area contributed by atoms with Crippen LogP contribution >= 0.6 is 0 Å². The molecule has 1 fully saturated rings. The number of amides is 2. The summed E-state index contributed by atoms with van der Waals surface area (Å²) < 4.78 is 13.4. The lowest BCUT2D eigenvalue weighted by Crippen LogP contribution is -2.48. The molecule has 4 aromatic rings. The first-order valence-corrected chi connectivity index (χ1v) is 17.4. The van der Waals surface area contributed by atoms with Crippen LogP contribution in [-0.2, 0) is 45.1 Å². The van der Waals surface area contributed by atoms with E-state index in [1.807, 2.05) is 97.3 Å². The number of esters is 1. The molecule has 5 rings (SSSR count). The summed E-state index contributed by atoms with van der Waals surface area (Å²) in [5.41, 5.74) is 3.56. The molecule has 258 valence electrons. The Balaban J connectivity index is 1.17. The van der Waals surface area contributed by atoms with E-state index in [4.69, 9.17) is 9.47 Å². The van der Waals surface area contributed by atoms with Gasteiger partial charge in [0.2, 0.25) is 5.91 Å². The van der Waals surface area contributed by atoms with Crippen molar-refractivity contribution in [3.05, 3.63) is 126 Å². The van der Waals surface area contributed by atoms with Crippen molar-refractivity contribution in [1.82, 2.24) is 20.2 Å². The zero-order valence-corrected chi connectivity index (χ0v) is 28.3. The molecule has 9 heteroatoms. The first kappa shape index (κ1) is 35.4. The number of carbonyl (C=O) groups is 3. The molecule has 3 aromatic carbocycles. The molecular weight excluding hydrogens is 616 g/mol. The number of ether oxygens (including phenoxy) is 2. The highest BCUT2D eigenvalue weighted by Gasteiger charge is 2.25. The Morgan fingerprint density at radius 3 is 2.02 bits per heavy atom. The lowest BCUT2D eigenvalue weighted by molar-refractivity contribution is -0.150. The number of nitrogens with one attached hydrogen (secondary N) is 2. The van der Waals surface area contributed by atoms with Gasteiger partial charge in [0.15, 0.2) is 0 Å². The maximum atomic E-state index is 13.4. The topological polar surface area (TPSA) is 112 Å². The molecule has 0 saturated heterocycles. The largest absolute Gasteiger partial charge is 0.461 e. The summed E-state index contributed by atoms with van der Waals surface area (Å²) in [6.07, 6.45) is 9.87. The van der Waals surface area contributed by atoms with E-state index < -0.39 is 18.1 Å². The Morgan fingerprint density at radius 1 is 0.796 bits per heavy atom. The van der Waals surface area contributed by atoms with Crippen molar-refractivity contribution in [2.45, 2.75) is 83.6 Å². The van der Waals surface area contributed by atoms with Crippen LogP contribution in [0, 0.1) is 11.8 Å². The molecule has 2 atom stereocenters. The van der Waals surface area contributed by atoms with Crippen LogP contribution in [0.15, 0.2) is 104 Å². The number of hydrogen-bond donors (Lipinski definition) is 2. The van der Waals surface area contributed by atoms with Gasteiger partial charge >= 0.3 is 12.1 Å². The minimum Gasteiger partial charge on any atom is -0.461 e. The molecule has 0 aliphatic heterocycles. The number of rotatable bonds is 16. The molecule has 2 unspecified atom stereocenters. The van der Waals surface area contributed by atoms with Gasteiger partial charge in [-0.05, 0) is 61.1 Å². The van der Waals surface area contributed by atoms with Gasteiger partial charge in [0.25, 0.3) is 0 Å². The van der Waals surface area contributed by atoms with Crippen LogP contribution < -0.4 is 10.6 Å². The number of nitrogens with zero attached hydrogens (tertiary/aromatic N) is 2. The molecule has 1 aromatic heterocycles. The summed E-state index contributed by atoms with van der Waals surface area (Å²) in [5.74, 6) is -0.242. The Hall–Kier alpha value is -4.92.